The number of hydrogen-bond donors (Lipinski definition) is 2. The van der Waals surface area contributed by atoms with Crippen molar-refractivity contribution in [2.24, 2.45) is 0 Å². The summed E-state index contributed by atoms with van der Waals surface area (Å²) in [5.41, 5.74) is 3.34. The molecular weight excluding hydrogens is 228 g/mol. The smallest absolute Gasteiger partial charge is 0.257 e. The van der Waals surface area contributed by atoms with Gasteiger partial charge in [-0.3, -0.25) is 9.78 Å². The van der Waals surface area contributed by atoms with Crippen molar-refractivity contribution in [1.82, 2.24) is 4.98 Å². The van der Waals surface area contributed by atoms with E-state index in [-0.39, 0.29) is 11.7 Å². The minimum Gasteiger partial charge on any atom is -0.506 e. The molecule has 2 N–H and O–H groups in total. The third-order valence-corrected chi connectivity index (χ3v) is 2.75. The van der Waals surface area contributed by atoms with Crippen LogP contribution in [-0.4, -0.2) is 16.0 Å². The van der Waals surface area contributed by atoms with Gasteiger partial charge in [-0.25, -0.2) is 0 Å². The van der Waals surface area contributed by atoms with Crippen molar-refractivity contribution in [3.05, 3.63) is 53.3 Å². The molecule has 0 saturated carbocycles. The second-order valence-corrected chi connectivity index (χ2v) is 4.18. The average molecular weight is 242 g/mol. The van der Waals surface area contributed by atoms with E-state index < -0.39 is 0 Å². The van der Waals surface area contributed by atoms with Gasteiger partial charge in [0.1, 0.15) is 5.75 Å². The number of amides is 1. The highest BCUT2D eigenvalue weighted by Gasteiger charge is 2.07. The molecule has 1 aromatic heterocycles. The number of nitrogens with zero attached hydrogens (tertiary/aromatic N) is 1. The zero-order valence-corrected chi connectivity index (χ0v) is 10.3. The lowest BCUT2D eigenvalue weighted by Gasteiger charge is -2.07. The number of carbonyl (C=O) groups excluding carboxylic acids is 1. The van der Waals surface area contributed by atoms with Crippen LogP contribution in [0.3, 0.4) is 0 Å². The molecule has 92 valence electrons. The van der Waals surface area contributed by atoms with Crippen LogP contribution in [0.2, 0.25) is 0 Å². The largest absolute Gasteiger partial charge is 0.506 e. The average Bonchev–Trinajstić information content (AvgIpc) is 2.34. The molecule has 0 aliphatic rings. The fourth-order valence-corrected chi connectivity index (χ4v) is 1.57. The monoisotopic (exact) mass is 242 g/mol. The summed E-state index contributed by atoms with van der Waals surface area (Å²) in [5.74, 6) is -0.315. The van der Waals surface area contributed by atoms with Gasteiger partial charge in [0.25, 0.3) is 5.91 Å². The summed E-state index contributed by atoms with van der Waals surface area (Å²) < 4.78 is 0. The number of hydrogen-bond acceptors (Lipinski definition) is 3. The Morgan fingerprint density at radius 2 is 1.94 bits per heavy atom. The fourth-order valence-electron chi connectivity index (χ4n) is 1.57. The van der Waals surface area contributed by atoms with Gasteiger partial charge in [-0.2, -0.15) is 0 Å². The Labute approximate surface area is 105 Å². The first-order valence-corrected chi connectivity index (χ1v) is 5.59. The SMILES string of the molecule is Cc1ccc(NC(=O)c2cncc(O)c2)cc1C. The molecule has 1 aromatic carbocycles. The lowest BCUT2D eigenvalue weighted by atomic mass is 10.1. The molecular formula is C14H14N2O2. The van der Waals surface area contributed by atoms with E-state index >= 15 is 0 Å². The van der Waals surface area contributed by atoms with Crippen molar-refractivity contribution in [3.63, 3.8) is 0 Å². The third-order valence-electron chi connectivity index (χ3n) is 2.75. The van der Waals surface area contributed by atoms with Gasteiger partial charge in [0, 0.05) is 11.9 Å². The van der Waals surface area contributed by atoms with E-state index in [0.717, 1.165) is 11.3 Å². The molecule has 2 aromatic rings. The first-order chi connectivity index (χ1) is 8.56. The molecule has 4 heteroatoms. The van der Waals surface area contributed by atoms with Crippen LogP contribution in [0.15, 0.2) is 36.7 Å². The van der Waals surface area contributed by atoms with Gasteiger partial charge in [-0.15, -0.1) is 0 Å². The van der Waals surface area contributed by atoms with Crippen LogP contribution in [0, 0.1) is 13.8 Å². The van der Waals surface area contributed by atoms with Crippen LogP contribution in [-0.2, 0) is 0 Å². The van der Waals surface area contributed by atoms with Gasteiger partial charge >= 0.3 is 0 Å². The van der Waals surface area contributed by atoms with Crippen LogP contribution in [0.25, 0.3) is 0 Å². The Hall–Kier alpha value is -2.36. The van der Waals surface area contributed by atoms with Crippen molar-refractivity contribution >= 4 is 11.6 Å². The van der Waals surface area contributed by atoms with E-state index in [1.807, 2.05) is 32.0 Å². The summed E-state index contributed by atoms with van der Waals surface area (Å²) in [4.78, 5) is 15.7. The molecule has 1 amide bonds. The lowest BCUT2D eigenvalue weighted by Crippen LogP contribution is -2.12. The molecule has 0 spiro atoms. The predicted molar refractivity (Wildman–Crippen MR) is 69.8 cm³/mol. The molecule has 0 atom stereocenters. The molecule has 0 bridgehead atoms. The van der Waals surface area contributed by atoms with Crippen molar-refractivity contribution in [1.29, 1.82) is 0 Å². The van der Waals surface area contributed by atoms with Gasteiger partial charge in [0.05, 0.1) is 11.8 Å². The topological polar surface area (TPSA) is 62.2 Å². The van der Waals surface area contributed by atoms with E-state index in [0.29, 0.717) is 5.56 Å². The zero-order chi connectivity index (χ0) is 13.1. The second kappa shape index (κ2) is 4.87. The molecule has 18 heavy (non-hydrogen) atoms. The van der Waals surface area contributed by atoms with Crippen LogP contribution in [0.4, 0.5) is 5.69 Å². The summed E-state index contributed by atoms with van der Waals surface area (Å²) in [6.07, 6.45) is 2.70. The highest BCUT2D eigenvalue weighted by Crippen LogP contribution is 2.16. The van der Waals surface area contributed by atoms with Crippen LogP contribution in [0.5, 0.6) is 5.75 Å². The van der Waals surface area contributed by atoms with Crippen molar-refractivity contribution in [3.8, 4) is 5.75 Å². The number of pyridine rings is 1. The molecule has 1 heterocycles. The molecule has 0 radical (unpaired) electrons. The van der Waals surface area contributed by atoms with Gasteiger partial charge in [-0.05, 0) is 43.2 Å². The molecule has 4 nitrogen and oxygen atoms in total. The number of aromatic hydroxyl groups is 1. The summed E-state index contributed by atoms with van der Waals surface area (Å²) in [6.45, 7) is 4.00. The molecule has 0 fully saturated rings. The lowest BCUT2D eigenvalue weighted by molar-refractivity contribution is 0.102. The number of rotatable bonds is 2. The summed E-state index contributed by atoms with van der Waals surface area (Å²) in [6, 6.07) is 7.08. The van der Waals surface area contributed by atoms with Crippen molar-refractivity contribution < 1.29 is 9.90 Å². The van der Waals surface area contributed by atoms with Crippen molar-refractivity contribution in [2.75, 3.05) is 5.32 Å². The highest BCUT2D eigenvalue weighted by atomic mass is 16.3. The van der Waals surface area contributed by atoms with Crippen LogP contribution in [0.1, 0.15) is 21.5 Å². The predicted octanol–water partition coefficient (Wildman–Crippen LogP) is 2.66. The van der Waals surface area contributed by atoms with Gasteiger partial charge in [-0.1, -0.05) is 6.07 Å². The number of anilines is 1. The number of carbonyl (C=O) groups is 1. The van der Waals surface area contributed by atoms with E-state index in [9.17, 15) is 9.90 Å². The maximum Gasteiger partial charge on any atom is 0.257 e. The number of benzene rings is 1. The van der Waals surface area contributed by atoms with Gasteiger partial charge in [0.2, 0.25) is 0 Å². The molecule has 2 rings (SSSR count). The molecule has 0 aliphatic carbocycles. The van der Waals surface area contributed by atoms with Crippen LogP contribution < -0.4 is 5.32 Å². The van der Waals surface area contributed by atoms with E-state index in [1.54, 1.807) is 0 Å². The Morgan fingerprint density at radius 3 is 2.61 bits per heavy atom. The standard InChI is InChI=1S/C14H14N2O2/c1-9-3-4-12(5-10(9)2)16-14(18)11-6-13(17)8-15-7-11/h3-8,17H,1-2H3,(H,16,18). The van der Waals surface area contributed by atoms with E-state index in [4.69, 9.17) is 0 Å². The Bertz CT molecular complexity index is 594. The molecule has 0 unspecified atom stereocenters. The number of aromatic nitrogens is 1. The summed E-state index contributed by atoms with van der Waals surface area (Å²) >= 11 is 0. The maximum atomic E-state index is 11.9. The third kappa shape index (κ3) is 2.66. The first kappa shape index (κ1) is 12.1. The van der Waals surface area contributed by atoms with E-state index in [1.165, 1.54) is 24.0 Å². The van der Waals surface area contributed by atoms with E-state index in [2.05, 4.69) is 10.3 Å². The minimum absolute atomic E-state index is 0.0252. The Morgan fingerprint density at radius 1 is 1.17 bits per heavy atom. The highest BCUT2D eigenvalue weighted by molar-refractivity contribution is 6.04. The fraction of sp³-hybridized carbons (Fsp3) is 0.143. The molecule has 0 saturated heterocycles. The maximum absolute atomic E-state index is 11.9. The molecule has 0 aliphatic heterocycles. The van der Waals surface area contributed by atoms with Gasteiger partial charge < -0.3 is 10.4 Å². The Kier molecular flexibility index (Phi) is 3.28. The Balaban J connectivity index is 2.18. The normalized spacial score (nSPS) is 10.1. The van der Waals surface area contributed by atoms with Crippen LogP contribution >= 0.6 is 0 Å². The van der Waals surface area contributed by atoms with Crippen molar-refractivity contribution in [2.45, 2.75) is 13.8 Å². The minimum atomic E-state index is -0.290. The quantitative estimate of drug-likeness (QED) is 0.851. The summed E-state index contributed by atoms with van der Waals surface area (Å²) in [7, 11) is 0. The zero-order valence-electron chi connectivity index (χ0n) is 10.3. The van der Waals surface area contributed by atoms with Gasteiger partial charge in [0.15, 0.2) is 0 Å². The summed E-state index contributed by atoms with van der Waals surface area (Å²) in [5, 5.41) is 12.0. The number of nitrogens with one attached hydrogen (secondary N) is 1. The first-order valence-electron chi connectivity index (χ1n) is 5.59. The number of aryl methyl sites for hydroxylation is 2. The second-order valence-electron chi connectivity index (χ2n) is 4.18.